The zero-order valence-electron chi connectivity index (χ0n) is 10.8. The highest BCUT2D eigenvalue weighted by Crippen LogP contribution is 2.30. The zero-order chi connectivity index (χ0) is 14.2. The minimum atomic E-state index is -0.434. The fraction of sp³-hybridized carbons (Fsp3) is 0.385. The Morgan fingerprint density at radius 3 is 2.74 bits per heavy atom. The Kier molecular flexibility index (Phi) is 3.78. The first kappa shape index (κ1) is 13.8. The van der Waals surface area contributed by atoms with E-state index in [1.165, 1.54) is 0 Å². The second-order valence-electron chi connectivity index (χ2n) is 4.72. The Hall–Kier alpha value is -1.59. The Balaban J connectivity index is 2.35. The lowest BCUT2D eigenvalue weighted by Gasteiger charge is -2.34. The molecule has 1 aromatic rings. The fourth-order valence-corrected chi connectivity index (χ4v) is 2.35. The van der Waals surface area contributed by atoms with E-state index in [1.54, 1.807) is 24.0 Å². The normalized spacial score (nSPS) is 21.3. The number of rotatable bonds is 2. The van der Waals surface area contributed by atoms with E-state index in [9.17, 15) is 9.59 Å². The molecule has 0 aromatic heterocycles. The number of hydrogen-bond donors (Lipinski definition) is 2. The molecule has 5 nitrogen and oxygen atoms in total. The average molecular weight is 282 g/mol. The third-order valence-corrected chi connectivity index (χ3v) is 3.53. The molecule has 0 bridgehead atoms. The maximum absolute atomic E-state index is 11.6. The molecule has 1 heterocycles. The van der Waals surface area contributed by atoms with Gasteiger partial charge in [0, 0.05) is 6.04 Å². The number of halogens is 1. The average Bonchev–Trinajstić information content (AvgIpc) is 2.33. The summed E-state index contributed by atoms with van der Waals surface area (Å²) < 4.78 is 0. The summed E-state index contributed by atoms with van der Waals surface area (Å²) >= 11 is 6.23. The quantitative estimate of drug-likeness (QED) is 0.799. The number of amides is 2. The molecule has 0 radical (unpaired) electrons. The van der Waals surface area contributed by atoms with Crippen LogP contribution < -0.4 is 16.0 Å². The highest BCUT2D eigenvalue weighted by molar-refractivity contribution is 6.33. The summed E-state index contributed by atoms with van der Waals surface area (Å²) in [6.45, 7) is 3.72. The van der Waals surface area contributed by atoms with Crippen molar-refractivity contribution in [1.29, 1.82) is 0 Å². The lowest BCUT2D eigenvalue weighted by molar-refractivity contribution is -0.132. The monoisotopic (exact) mass is 281 g/mol. The van der Waals surface area contributed by atoms with E-state index in [0.717, 1.165) is 5.56 Å². The van der Waals surface area contributed by atoms with Crippen molar-refractivity contribution < 1.29 is 9.59 Å². The van der Waals surface area contributed by atoms with Crippen molar-refractivity contribution in [2.24, 2.45) is 5.73 Å². The van der Waals surface area contributed by atoms with Crippen molar-refractivity contribution in [3.63, 3.8) is 0 Å². The Labute approximate surface area is 116 Å². The number of piperazine rings is 1. The number of nitrogens with zero attached hydrogens (tertiary/aromatic N) is 1. The molecule has 3 N–H and O–H groups in total. The predicted molar refractivity (Wildman–Crippen MR) is 74.0 cm³/mol. The number of nitrogens with one attached hydrogen (secondary N) is 1. The molecule has 0 saturated carbocycles. The first-order valence-corrected chi connectivity index (χ1v) is 6.43. The van der Waals surface area contributed by atoms with Gasteiger partial charge in [-0.3, -0.25) is 14.9 Å². The maximum Gasteiger partial charge on any atom is 0.249 e. The van der Waals surface area contributed by atoms with Crippen LogP contribution in [0.1, 0.15) is 25.5 Å². The molecular weight excluding hydrogens is 266 g/mol. The van der Waals surface area contributed by atoms with Gasteiger partial charge in [0.2, 0.25) is 11.8 Å². The minimum absolute atomic E-state index is 0.115. The number of carbonyl (C=O) groups is 2. The van der Waals surface area contributed by atoms with Crippen LogP contribution in [0.15, 0.2) is 18.2 Å². The van der Waals surface area contributed by atoms with Crippen LogP contribution in [0.4, 0.5) is 5.69 Å². The van der Waals surface area contributed by atoms with Crippen molar-refractivity contribution in [2.45, 2.75) is 25.9 Å². The number of benzene rings is 1. The van der Waals surface area contributed by atoms with Crippen molar-refractivity contribution in [2.75, 3.05) is 11.4 Å². The third kappa shape index (κ3) is 2.72. The van der Waals surface area contributed by atoms with Crippen molar-refractivity contribution in [3.05, 3.63) is 28.8 Å². The van der Waals surface area contributed by atoms with Crippen LogP contribution in [0.3, 0.4) is 0 Å². The first-order valence-electron chi connectivity index (χ1n) is 6.05. The second-order valence-corrected chi connectivity index (χ2v) is 5.12. The summed E-state index contributed by atoms with van der Waals surface area (Å²) in [5.74, 6) is -0.640. The molecule has 102 valence electrons. The Morgan fingerprint density at radius 1 is 1.47 bits per heavy atom. The van der Waals surface area contributed by atoms with E-state index in [-0.39, 0.29) is 24.4 Å². The SMILES string of the molecule is CC(N)c1ccc(N2CC(=O)NC(=O)C2C)c(Cl)c1. The largest absolute Gasteiger partial charge is 0.349 e. The molecule has 6 heteroatoms. The molecule has 2 atom stereocenters. The van der Waals surface area contributed by atoms with Crippen LogP contribution in [0, 0.1) is 0 Å². The summed E-state index contributed by atoms with van der Waals surface area (Å²) in [6, 6.07) is 4.87. The van der Waals surface area contributed by atoms with Crippen LogP contribution in [0.2, 0.25) is 5.02 Å². The van der Waals surface area contributed by atoms with Gasteiger partial charge < -0.3 is 10.6 Å². The number of anilines is 1. The van der Waals surface area contributed by atoms with Crippen LogP contribution in [0.5, 0.6) is 0 Å². The molecular formula is C13H16ClN3O2. The molecule has 2 unspecified atom stereocenters. The number of imide groups is 1. The van der Waals surface area contributed by atoms with Gasteiger partial charge >= 0.3 is 0 Å². The number of nitrogens with two attached hydrogens (primary N) is 1. The van der Waals surface area contributed by atoms with E-state index in [2.05, 4.69) is 5.32 Å². The van der Waals surface area contributed by atoms with Gasteiger partial charge in [-0.05, 0) is 31.5 Å². The summed E-state index contributed by atoms with van der Waals surface area (Å²) in [6.07, 6.45) is 0. The molecule has 0 aliphatic carbocycles. The van der Waals surface area contributed by atoms with E-state index in [1.807, 2.05) is 13.0 Å². The minimum Gasteiger partial charge on any atom is -0.349 e. The van der Waals surface area contributed by atoms with E-state index in [4.69, 9.17) is 17.3 Å². The van der Waals surface area contributed by atoms with Gasteiger partial charge in [0.25, 0.3) is 0 Å². The van der Waals surface area contributed by atoms with Gasteiger partial charge in [0.15, 0.2) is 0 Å². The van der Waals surface area contributed by atoms with Crippen LogP contribution in [-0.4, -0.2) is 24.4 Å². The van der Waals surface area contributed by atoms with Crippen LogP contribution in [-0.2, 0) is 9.59 Å². The predicted octanol–water partition coefficient (Wildman–Crippen LogP) is 1.21. The van der Waals surface area contributed by atoms with Gasteiger partial charge in [-0.15, -0.1) is 0 Å². The molecule has 1 aliphatic heterocycles. The third-order valence-electron chi connectivity index (χ3n) is 3.23. The first-order chi connectivity index (χ1) is 8.90. The standard InChI is InChI=1S/C13H16ClN3O2/c1-7(15)9-3-4-11(10(14)5-9)17-6-12(18)16-13(19)8(17)2/h3-5,7-8H,6,15H2,1-2H3,(H,16,18,19). The van der Waals surface area contributed by atoms with E-state index >= 15 is 0 Å². The topological polar surface area (TPSA) is 75.4 Å². The summed E-state index contributed by atoms with van der Waals surface area (Å²) in [4.78, 5) is 24.8. The maximum atomic E-state index is 11.6. The molecule has 2 rings (SSSR count). The Morgan fingerprint density at radius 2 is 2.16 bits per heavy atom. The molecule has 2 amide bonds. The molecule has 1 aromatic carbocycles. The molecule has 0 spiro atoms. The summed E-state index contributed by atoms with van der Waals surface area (Å²) in [7, 11) is 0. The highest BCUT2D eigenvalue weighted by Gasteiger charge is 2.31. The van der Waals surface area contributed by atoms with Crippen LogP contribution in [0.25, 0.3) is 0 Å². The molecule has 1 aliphatic rings. The van der Waals surface area contributed by atoms with E-state index in [0.29, 0.717) is 10.7 Å². The van der Waals surface area contributed by atoms with E-state index < -0.39 is 6.04 Å². The van der Waals surface area contributed by atoms with Gasteiger partial charge in [0.05, 0.1) is 17.3 Å². The van der Waals surface area contributed by atoms with Gasteiger partial charge in [0.1, 0.15) is 6.04 Å². The number of hydrogen-bond acceptors (Lipinski definition) is 4. The van der Waals surface area contributed by atoms with Crippen molar-refractivity contribution >= 4 is 29.1 Å². The lowest BCUT2D eigenvalue weighted by atomic mass is 10.1. The summed E-state index contributed by atoms with van der Waals surface area (Å²) in [5.41, 5.74) is 7.37. The highest BCUT2D eigenvalue weighted by atomic mass is 35.5. The molecule has 1 fully saturated rings. The second kappa shape index (κ2) is 5.19. The number of carbonyl (C=O) groups excluding carboxylic acids is 2. The zero-order valence-corrected chi connectivity index (χ0v) is 11.6. The van der Waals surface area contributed by atoms with Crippen LogP contribution >= 0.6 is 11.6 Å². The van der Waals surface area contributed by atoms with Crippen molar-refractivity contribution in [1.82, 2.24) is 5.32 Å². The van der Waals surface area contributed by atoms with Gasteiger partial charge in [-0.2, -0.15) is 0 Å². The smallest absolute Gasteiger partial charge is 0.249 e. The Bertz CT molecular complexity index is 531. The van der Waals surface area contributed by atoms with Gasteiger partial charge in [-0.25, -0.2) is 0 Å². The summed E-state index contributed by atoms with van der Waals surface area (Å²) in [5, 5.41) is 2.79. The van der Waals surface area contributed by atoms with Crippen molar-refractivity contribution in [3.8, 4) is 0 Å². The lowest BCUT2D eigenvalue weighted by Crippen LogP contribution is -2.57. The molecule has 19 heavy (non-hydrogen) atoms. The fourth-order valence-electron chi connectivity index (χ4n) is 2.05. The molecule has 1 saturated heterocycles. The van der Waals surface area contributed by atoms with Gasteiger partial charge in [-0.1, -0.05) is 17.7 Å².